The van der Waals surface area contributed by atoms with Gasteiger partial charge >= 0.3 is 12.0 Å². The van der Waals surface area contributed by atoms with Gasteiger partial charge in [0.1, 0.15) is 13.1 Å². The number of hydrogen-bond acceptors (Lipinski definition) is 4. The number of carboxylic acids is 1. The minimum absolute atomic E-state index is 0.0596. The molecule has 0 spiro atoms. The van der Waals surface area contributed by atoms with Gasteiger partial charge in [-0.25, -0.2) is 4.79 Å². The van der Waals surface area contributed by atoms with E-state index in [9.17, 15) is 14.4 Å². The van der Waals surface area contributed by atoms with Gasteiger partial charge in [0.2, 0.25) is 5.91 Å². The van der Waals surface area contributed by atoms with Crippen molar-refractivity contribution in [1.29, 1.82) is 0 Å². The Labute approximate surface area is 110 Å². The number of rotatable bonds is 6. The van der Waals surface area contributed by atoms with E-state index >= 15 is 0 Å². The average molecular weight is 273 g/mol. The Morgan fingerprint density at radius 2 is 2.11 bits per heavy atom. The predicted octanol–water partition coefficient (Wildman–Crippen LogP) is -1.01. The van der Waals surface area contributed by atoms with Crippen molar-refractivity contribution < 1.29 is 24.2 Å². The van der Waals surface area contributed by atoms with Crippen molar-refractivity contribution in [2.45, 2.75) is 19.4 Å². The first-order valence-electron chi connectivity index (χ1n) is 6.04. The van der Waals surface area contributed by atoms with E-state index in [0.717, 1.165) is 11.3 Å². The molecule has 0 aromatic heterocycles. The van der Waals surface area contributed by atoms with Crippen LogP contribution in [0.25, 0.3) is 0 Å². The number of carbonyl (C=O) groups is 3. The molecule has 0 aliphatic carbocycles. The van der Waals surface area contributed by atoms with Crippen molar-refractivity contribution in [2.24, 2.45) is 11.7 Å². The minimum atomic E-state index is -1.20. The van der Waals surface area contributed by atoms with Crippen molar-refractivity contribution >= 4 is 17.9 Å². The number of ether oxygens (including phenoxy) is 1. The maximum Gasteiger partial charge on any atom is 0.323 e. The first kappa shape index (κ1) is 15.2. The number of nitrogens with two attached hydrogens (primary N) is 1. The quantitative estimate of drug-likeness (QED) is 0.572. The summed E-state index contributed by atoms with van der Waals surface area (Å²) in [6, 6.07) is -0.611. The van der Waals surface area contributed by atoms with Crippen LogP contribution in [0.4, 0.5) is 4.79 Å². The van der Waals surface area contributed by atoms with Crippen LogP contribution in [-0.4, -0.2) is 60.3 Å². The molecule has 19 heavy (non-hydrogen) atoms. The lowest BCUT2D eigenvalue weighted by Crippen LogP contribution is -2.48. The number of nitrogens with zero attached hydrogens (tertiary/aromatic N) is 1. The predicted molar refractivity (Wildman–Crippen MR) is 65.3 cm³/mol. The van der Waals surface area contributed by atoms with Gasteiger partial charge in [-0.15, -0.1) is 0 Å². The maximum atomic E-state index is 11.8. The highest BCUT2D eigenvalue weighted by Gasteiger charge is 2.26. The third kappa shape index (κ3) is 5.12. The fraction of sp³-hybridized carbons (Fsp3) is 0.727. The largest absolute Gasteiger partial charge is 0.480 e. The van der Waals surface area contributed by atoms with Gasteiger partial charge < -0.3 is 25.8 Å². The highest BCUT2D eigenvalue weighted by Crippen LogP contribution is 2.19. The number of primary amides is 1. The first-order valence-corrected chi connectivity index (χ1v) is 6.04. The van der Waals surface area contributed by atoms with Gasteiger partial charge in [0.15, 0.2) is 0 Å². The summed E-state index contributed by atoms with van der Waals surface area (Å²) in [4.78, 5) is 34.1. The second kappa shape index (κ2) is 6.93. The standard InChI is InChI=1S/C11H19N3O5/c1-7-8(2-3-19-7)4-13-11(18)14(5-9(12)15)6-10(16)17/h7-8H,2-6H2,1H3,(H2,12,15)(H,13,18)(H,16,17). The second-order valence-corrected chi connectivity index (χ2v) is 4.53. The molecule has 0 aromatic carbocycles. The Bertz CT molecular complexity index is 344. The molecular weight excluding hydrogens is 254 g/mol. The minimum Gasteiger partial charge on any atom is -0.480 e. The van der Waals surface area contributed by atoms with Crippen LogP contribution < -0.4 is 11.1 Å². The zero-order valence-corrected chi connectivity index (χ0v) is 10.8. The van der Waals surface area contributed by atoms with E-state index in [4.69, 9.17) is 15.6 Å². The average Bonchev–Trinajstić information content (AvgIpc) is 2.69. The summed E-state index contributed by atoms with van der Waals surface area (Å²) in [6.07, 6.45) is 0.903. The van der Waals surface area contributed by atoms with Gasteiger partial charge in [0.25, 0.3) is 0 Å². The van der Waals surface area contributed by atoms with Crippen LogP contribution >= 0.6 is 0 Å². The topological polar surface area (TPSA) is 122 Å². The second-order valence-electron chi connectivity index (χ2n) is 4.53. The molecule has 3 amide bonds. The van der Waals surface area contributed by atoms with Crippen molar-refractivity contribution in [1.82, 2.24) is 10.2 Å². The van der Waals surface area contributed by atoms with Crippen LogP contribution in [0.15, 0.2) is 0 Å². The molecule has 4 N–H and O–H groups in total. The smallest absolute Gasteiger partial charge is 0.323 e. The Morgan fingerprint density at radius 1 is 1.42 bits per heavy atom. The van der Waals surface area contributed by atoms with E-state index in [1.165, 1.54) is 0 Å². The zero-order chi connectivity index (χ0) is 14.4. The molecule has 0 bridgehead atoms. The molecule has 1 heterocycles. The summed E-state index contributed by atoms with van der Waals surface area (Å²) in [5, 5.41) is 11.3. The number of hydrogen-bond donors (Lipinski definition) is 3. The summed E-state index contributed by atoms with van der Waals surface area (Å²) in [5.41, 5.74) is 4.97. The summed E-state index contributed by atoms with van der Waals surface area (Å²) in [7, 11) is 0. The molecule has 1 saturated heterocycles. The van der Waals surface area contributed by atoms with Crippen molar-refractivity contribution in [3.05, 3.63) is 0 Å². The van der Waals surface area contributed by atoms with Gasteiger partial charge in [0, 0.05) is 19.1 Å². The lowest BCUT2D eigenvalue weighted by Gasteiger charge is -2.21. The van der Waals surface area contributed by atoms with Crippen LogP contribution in [0.5, 0.6) is 0 Å². The van der Waals surface area contributed by atoms with Crippen LogP contribution in [0, 0.1) is 5.92 Å². The lowest BCUT2D eigenvalue weighted by atomic mass is 10.0. The highest BCUT2D eigenvalue weighted by atomic mass is 16.5. The third-order valence-electron chi connectivity index (χ3n) is 3.01. The number of amides is 3. The number of aliphatic carboxylic acids is 1. The lowest BCUT2D eigenvalue weighted by molar-refractivity contribution is -0.137. The number of carbonyl (C=O) groups excluding carboxylic acids is 2. The SMILES string of the molecule is CC1OCCC1CNC(=O)N(CC(N)=O)CC(=O)O. The summed E-state index contributed by atoms with van der Waals surface area (Å²) in [5.74, 6) is -1.76. The van der Waals surface area contributed by atoms with Gasteiger partial charge in [-0.1, -0.05) is 0 Å². The van der Waals surface area contributed by atoms with Crippen LogP contribution in [-0.2, 0) is 14.3 Å². The molecule has 108 valence electrons. The highest BCUT2D eigenvalue weighted by molar-refractivity contribution is 5.85. The molecular formula is C11H19N3O5. The molecule has 1 rings (SSSR count). The number of urea groups is 1. The normalized spacial score (nSPS) is 21.9. The maximum absolute atomic E-state index is 11.8. The van der Waals surface area contributed by atoms with E-state index in [1.54, 1.807) is 0 Å². The van der Waals surface area contributed by atoms with Crippen LogP contribution in [0.3, 0.4) is 0 Å². The summed E-state index contributed by atoms with van der Waals surface area (Å²) < 4.78 is 5.35. The van der Waals surface area contributed by atoms with Gasteiger partial charge in [-0.05, 0) is 13.3 Å². The molecule has 0 radical (unpaired) electrons. The van der Waals surface area contributed by atoms with Crippen molar-refractivity contribution in [3.8, 4) is 0 Å². The molecule has 2 atom stereocenters. The van der Waals surface area contributed by atoms with Crippen molar-refractivity contribution in [3.63, 3.8) is 0 Å². The number of nitrogens with one attached hydrogen (secondary N) is 1. The fourth-order valence-corrected chi connectivity index (χ4v) is 1.93. The summed E-state index contributed by atoms with van der Waals surface area (Å²) in [6.45, 7) is 1.97. The monoisotopic (exact) mass is 273 g/mol. The Balaban J connectivity index is 2.46. The van der Waals surface area contributed by atoms with E-state index < -0.39 is 31.0 Å². The molecule has 1 aliphatic rings. The third-order valence-corrected chi connectivity index (χ3v) is 3.01. The molecule has 0 saturated carbocycles. The molecule has 2 unspecified atom stereocenters. The molecule has 8 heteroatoms. The number of carboxylic acid groups (broad SMARTS) is 1. The zero-order valence-electron chi connectivity index (χ0n) is 10.8. The van der Waals surface area contributed by atoms with Gasteiger partial charge in [-0.2, -0.15) is 0 Å². The van der Waals surface area contributed by atoms with E-state index in [-0.39, 0.29) is 12.0 Å². The fourth-order valence-electron chi connectivity index (χ4n) is 1.93. The van der Waals surface area contributed by atoms with Crippen LogP contribution in [0.2, 0.25) is 0 Å². The molecule has 1 aliphatic heterocycles. The van der Waals surface area contributed by atoms with Crippen LogP contribution in [0.1, 0.15) is 13.3 Å². The van der Waals surface area contributed by atoms with E-state index in [0.29, 0.717) is 13.2 Å². The van der Waals surface area contributed by atoms with E-state index in [1.807, 2.05) is 6.92 Å². The Hall–Kier alpha value is -1.83. The summed E-state index contributed by atoms with van der Waals surface area (Å²) >= 11 is 0. The Morgan fingerprint density at radius 3 is 2.58 bits per heavy atom. The van der Waals surface area contributed by atoms with Crippen molar-refractivity contribution in [2.75, 3.05) is 26.2 Å². The van der Waals surface area contributed by atoms with E-state index in [2.05, 4.69) is 5.32 Å². The first-order chi connectivity index (χ1) is 8.90. The molecule has 1 fully saturated rings. The van der Waals surface area contributed by atoms with Gasteiger partial charge in [-0.3, -0.25) is 9.59 Å². The van der Waals surface area contributed by atoms with Gasteiger partial charge in [0.05, 0.1) is 6.10 Å². The molecule has 8 nitrogen and oxygen atoms in total. The molecule has 0 aromatic rings. The Kier molecular flexibility index (Phi) is 5.56.